The summed E-state index contributed by atoms with van der Waals surface area (Å²) in [4.78, 5) is 0. The molecule has 6 heteroatoms. The zero-order valence-electron chi connectivity index (χ0n) is 9.04. The number of alkyl halides is 3. The van der Waals surface area contributed by atoms with Crippen molar-refractivity contribution in [2.75, 3.05) is 0 Å². The Morgan fingerprint density at radius 1 is 1.12 bits per heavy atom. The molecular formula is C11H14F3N3. The molecule has 0 saturated carbocycles. The van der Waals surface area contributed by atoms with Gasteiger partial charge in [-0.2, -0.15) is 13.2 Å². The highest BCUT2D eigenvalue weighted by Gasteiger charge is 2.50. The standard InChI is InChI=1S/C11H14F3N3/c12-11(13,14)9-8(10(15)17-16-9)6-7-4-2-1-3-5-7/h1-5,8-10,16-17H,6,15H2. The van der Waals surface area contributed by atoms with Crippen LogP contribution in [0.1, 0.15) is 5.56 Å². The largest absolute Gasteiger partial charge is 0.405 e. The Kier molecular flexibility index (Phi) is 3.37. The predicted octanol–water partition coefficient (Wildman–Crippen LogP) is 1.17. The third-order valence-electron chi connectivity index (χ3n) is 2.96. The van der Waals surface area contributed by atoms with Crippen LogP contribution in [0.15, 0.2) is 30.3 Å². The molecule has 94 valence electrons. The van der Waals surface area contributed by atoms with Crippen LogP contribution < -0.4 is 16.6 Å². The van der Waals surface area contributed by atoms with Crippen LogP contribution in [-0.4, -0.2) is 18.4 Å². The number of hydrazine groups is 1. The number of hydrogen-bond acceptors (Lipinski definition) is 3. The molecule has 1 aliphatic rings. The first kappa shape index (κ1) is 12.3. The highest BCUT2D eigenvalue weighted by atomic mass is 19.4. The topological polar surface area (TPSA) is 50.1 Å². The first-order chi connectivity index (χ1) is 7.98. The molecule has 1 aromatic carbocycles. The molecule has 0 bridgehead atoms. The van der Waals surface area contributed by atoms with E-state index in [4.69, 9.17) is 5.73 Å². The zero-order chi connectivity index (χ0) is 12.5. The number of rotatable bonds is 2. The van der Waals surface area contributed by atoms with E-state index in [-0.39, 0.29) is 0 Å². The molecule has 0 aromatic heterocycles. The number of nitrogens with one attached hydrogen (secondary N) is 2. The molecule has 3 unspecified atom stereocenters. The molecule has 1 aromatic rings. The fraction of sp³-hybridized carbons (Fsp3) is 0.455. The number of halogens is 3. The zero-order valence-corrected chi connectivity index (χ0v) is 9.04. The van der Waals surface area contributed by atoms with Crippen molar-refractivity contribution < 1.29 is 13.2 Å². The van der Waals surface area contributed by atoms with E-state index in [0.717, 1.165) is 5.56 Å². The van der Waals surface area contributed by atoms with E-state index in [1.165, 1.54) is 0 Å². The van der Waals surface area contributed by atoms with Crippen LogP contribution >= 0.6 is 0 Å². The molecule has 0 spiro atoms. The van der Waals surface area contributed by atoms with Crippen molar-refractivity contribution in [3.8, 4) is 0 Å². The lowest BCUT2D eigenvalue weighted by molar-refractivity contribution is -0.161. The molecule has 1 fully saturated rings. The molecule has 0 radical (unpaired) electrons. The Morgan fingerprint density at radius 3 is 2.35 bits per heavy atom. The summed E-state index contributed by atoms with van der Waals surface area (Å²) >= 11 is 0. The van der Waals surface area contributed by atoms with E-state index >= 15 is 0 Å². The van der Waals surface area contributed by atoms with Crippen LogP contribution in [0.3, 0.4) is 0 Å². The van der Waals surface area contributed by atoms with Crippen LogP contribution in [0, 0.1) is 5.92 Å². The predicted molar refractivity (Wildman–Crippen MR) is 57.7 cm³/mol. The van der Waals surface area contributed by atoms with Crippen LogP contribution in [0.4, 0.5) is 13.2 Å². The van der Waals surface area contributed by atoms with Gasteiger partial charge in [-0.3, -0.25) is 0 Å². The highest BCUT2D eigenvalue weighted by Crippen LogP contribution is 2.30. The monoisotopic (exact) mass is 245 g/mol. The van der Waals surface area contributed by atoms with Gasteiger partial charge in [0.25, 0.3) is 0 Å². The average molecular weight is 245 g/mol. The maximum Gasteiger partial charge on any atom is 0.405 e. The summed E-state index contributed by atoms with van der Waals surface area (Å²) in [6.45, 7) is 0. The molecule has 1 heterocycles. The van der Waals surface area contributed by atoms with Gasteiger partial charge >= 0.3 is 6.18 Å². The Hall–Kier alpha value is -1.11. The fourth-order valence-corrected chi connectivity index (χ4v) is 2.06. The van der Waals surface area contributed by atoms with Crippen molar-refractivity contribution in [1.29, 1.82) is 0 Å². The van der Waals surface area contributed by atoms with Gasteiger partial charge in [0.15, 0.2) is 0 Å². The second-order valence-corrected chi connectivity index (χ2v) is 4.19. The van der Waals surface area contributed by atoms with Gasteiger partial charge in [-0.05, 0) is 12.0 Å². The second kappa shape index (κ2) is 4.64. The molecule has 4 N–H and O–H groups in total. The van der Waals surface area contributed by atoms with E-state index < -0.39 is 24.3 Å². The molecule has 1 aliphatic heterocycles. The van der Waals surface area contributed by atoms with E-state index in [9.17, 15) is 13.2 Å². The van der Waals surface area contributed by atoms with Gasteiger partial charge < -0.3 is 5.73 Å². The quantitative estimate of drug-likeness (QED) is 0.733. The minimum absolute atomic E-state index is 0.298. The van der Waals surface area contributed by atoms with Crippen molar-refractivity contribution >= 4 is 0 Å². The van der Waals surface area contributed by atoms with Gasteiger partial charge in [0.1, 0.15) is 6.04 Å². The molecule has 3 atom stereocenters. The molecule has 0 aliphatic carbocycles. The average Bonchev–Trinajstić information content (AvgIpc) is 2.62. The third kappa shape index (κ3) is 2.77. The smallest absolute Gasteiger partial charge is 0.315 e. The van der Waals surface area contributed by atoms with Crippen molar-refractivity contribution in [3.63, 3.8) is 0 Å². The Balaban J connectivity index is 2.12. The summed E-state index contributed by atoms with van der Waals surface area (Å²) in [6.07, 6.45) is -4.69. The van der Waals surface area contributed by atoms with Crippen LogP contribution in [-0.2, 0) is 6.42 Å². The lowest BCUT2D eigenvalue weighted by Gasteiger charge is -2.22. The van der Waals surface area contributed by atoms with Crippen molar-refractivity contribution in [1.82, 2.24) is 10.9 Å². The van der Waals surface area contributed by atoms with Gasteiger partial charge in [0.2, 0.25) is 0 Å². The highest BCUT2D eigenvalue weighted by molar-refractivity contribution is 5.16. The molecule has 17 heavy (non-hydrogen) atoms. The van der Waals surface area contributed by atoms with Gasteiger partial charge in [0.05, 0.1) is 6.17 Å². The van der Waals surface area contributed by atoms with Gasteiger partial charge in [-0.1, -0.05) is 30.3 Å². The number of benzene rings is 1. The first-order valence-corrected chi connectivity index (χ1v) is 5.36. The lowest BCUT2D eigenvalue weighted by Crippen LogP contribution is -2.44. The van der Waals surface area contributed by atoms with E-state index in [1.807, 2.05) is 6.07 Å². The van der Waals surface area contributed by atoms with Crippen molar-refractivity contribution in [2.24, 2.45) is 11.7 Å². The summed E-state index contributed by atoms with van der Waals surface area (Å²) in [5.74, 6) is -0.697. The first-order valence-electron chi connectivity index (χ1n) is 5.36. The third-order valence-corrected chi connectivity index (χ3v) is 2.96. The fourth-order valence-electron chi connectivity index (χ4n) is 2.06. The molecule has 1 saturated heterocycles. The minimum atomic E-state index is -4.29. The summed E-state index contributed by atoms with van der Waals surface area (Å²) in [5.41, 5.74) is 11.2. The Bertz CT molecular complexity index is 366. The van der Waals surface area contributed by atoms with Crippen LogP contribution in [0.25, 0.3) is 0 Å². The summed E-state index contributed by atoms with van der Waals surface area (Å²) in [7, 11) is 0. The van der Waals surface area contributed by atoms with E-state index in [2.05, 4.69) is 10.9 Å². The lowest BCUT2D eigenvalue weighted by atomic mass is 9.91. The maximum atomic E-state index is 12.7. The van der Waals surface area contributed by atoms with E-state index in [0.29, 0.717) is 6.42 Å². The Morgan fingerprint density at radius 2 is 1.76 bits per heavy atom. The summed E-state index contributed by atoms with van der Waals surface area (Å²) < 4.78 is 38.2. The number of hydrogen-bond donors (Lipinski definition) is 3. The maximum absolute atomic E-state index is 12.7. The second-order valence-electron chi connectivity index (χ2n) is 4.19. The SMILES string of the molecule is NC1NNC(C(F)(F)F)C1Cc1ccccc1. The molecule has 0 amide bonds. The summed E-state index contributed by atoms with van der Waals surface area (Å²) in [6, 6.07) is 7.45. The molecule has 2 rings (SSSR count). The van der Waals surface area contributed by atoms with E-state index in [1.54, 1.807) is 24.3 Å². The molecular weight excluding hydrogens is 231 g/mol. The minimum Gasteiger partial charge on any atom is -0.315 e. The van der Waals surface area contributed by atoms with Crippen LogP contribution in [0.5, 0.6) is 0 Å². The normalized spacial score (nSPS) is 29.5. The van der Waals surface area contributed by atoms with Crippen LogP contribution in [0.2, 0.25) is 0 Å². The van der Waals surface area contributed by atoms with Gasteiger partial charge in [-0.15, -0.1) is 0 Å². The van der Waals surface area contributed by atoms with Crippen molar-refractivity contribution in [2.45, 2.75) is 24.8 Å². The number of nitrogens with two attached hydrogens (primary N) is 1. The Labute approximate surface area is 97.2 Å². The van der Waals surface area contributed by atoms with Gasteiger partial charge in [-0.25, -0.2) is 10.9 Å². The summed E-state index contributed by atoms with van der Waals surface area (Å²) in [5, 5.41) is 0. The van der Waals surface area contributed by atoms with Gasteiger partial charge in [0, 0.05) is 5.92 Å². The molecule has 3 nitrogen and oxygen atoms in total. The van der Waals surface area contributed by atoms with Crippen molar-refractivity contribution in [3.05, 3.63) is 35.9 Å².